The van der Waals surface area contributed by atoms with Gasteiger partial charge in [-0.15, -0.1) is 0 Å². The third-order valence-corrected chi connectivity index (χ3v) is 19.8. The van der Waals surface area contributed by atoms with Gasteiger partial charge in [-0.05, 0) is 77.6 Å². The monoisotopic (exact) mass is 1730 g/mol. The van der Waals surface area contributed by atoms with Gasteiger partial charge in [0.05, 0.1) is 118 Å². The molecule has 0 spiro atoms. The van der Waals surface area contributed by atoms with E-state index in [4.69, 9.17) is 94.1 Å². The number of nitrogens with zero attached hydrogens (tertiary/aromatic N) is 29. The van der Waals surface area contributed by atoms with E-state index in [0.29, 0.717) is 54.7 Å². The molecule has 660 valence electrons. The number of hydrogen-bond donors (Lipinski definition) is 12. The third-order valence-electron chi connectivity index (χ3n) is 19.8. The molecule has 55 nitrogen and oxygen atoms in total. The Morgan fingerprint density at radius 3 is 1.23 bits per heavy atom. The summed E-state index contributed by atoms with van der Waals surface area (Å²) in [6, 6.07) is 12.2. The second-order valence-corrected chi connectivity index (χ2v) is 27.5. The van der Waals surface area contributed by atoms with Crippen molar-refractivity contribution in [1.29, 1.82) is 0 Å². The van der Waals surface area contributed by atoms with Gasteiger partial charge in [0.2, 0.25) is 5.95 Å². The molecule has 15 N–H and O–H groups in total. The number of nitrogens with two attached hydrogens (primary N) is 3. The van der Waals surface area contributed by atoms with E-state index in [9.17, 15) is 48.6 Å². The van der Waals surface area contributed by atoms with Crippen LogP contribution >= 0.6 is 0 Å². The van der Waals surface area contributed by atoms with Gasteiger partial charge in [0.25, 0.3) is 22.2 Å². The summed E-state index contributed by atoms with van der Waals surface area (Å²) in [5, 5.41) is 68.1. The fourth-order valence-electron chi connectivity index (χ4n) is 13.6. The van der Waals surface area contributed by atoms with E-state index < -0.39 is 137 Å². The van der Waals surface area contributed by atoms with E-state index in [2.05, 4.69) is 136 Å². The van der Waals surface area contributed by atoms with E-state index >= 15 is 0 Å². The molecule has 1 aromatic carbocycles. The van der Waals surface area contributed by atoms with Crippen molar-refractivity contribution in [3.05, 3.63) is 255 Å². The number of aromatic nitrogens is 15. The predicted octanol–water partition coefficient (Wildman–Crippen LogP) is 3.82. The lowest BCUT2D eigenvalue weighted by Gasteiger charge is -2.15. The molecule has 6 fully saturated rings. The van der Waals surface area contributed by atoms with Crippen LogP contribution < -0.4 is 62.2 Å². The van der Waals surface area contributed by atoms with Gasteiger partial charge in [-0.1, -0.05) is 82.3 Å². The van der Waals surface area contributed by atoms with E-state index in [-0.39, 0.29) is 94.6 Å². The van der Waals surface area contributed by atoms with Crippen LogP contribution in [0.5, 0.6) is 0 Å². The largest absolute Gasteiger partial charge is 0.394 e. The molecule has 18 atom stereocenters. The van der Waals surface area contributed by atoms with Gasteiger partial charge < -0.3 is 75.7 Å². The zero-order valence-electron chi connectivity index (χ0n) is 65.9. The molecule has 8 aromatic heterocycles. The number of nitrogen functional groups attached to an aromatic ring is 3. The Bertz CT molecular complexity index is 5840. The Balaban J connectivity index is 0.000000181. The summed E-state index contributed by atoms with van der Waals surface area (Å²) in [5.41, 5.74) is 66.7. The van der Waals surface area contributed by atoms with Crippen molar-refractivity contribution in [2.45, 2.75) is 197 Å². The highest BCUT2D eigenvalue weighted by molar-refractivity contribution is 5.86. The van der Waals surface area contributed by atoms with Crippen molar-refractivity contribution in [2.24, 2.45) is 30.7 Å². The Labute approximate surface area is 696 Å². The minimum absolute atomic E-state index is 0. The first-order chi connectivity index (χ1) is 59.2. The number of ether oxygens (including phenoxy) is 6. The van der Waals surface area contributed by atoms with Crippen LogP contribution in [0, 0.1) is 13.8 Å². The molecule has 0 aliphatic carbocycles. The van der Waals surface area contributed by atoms with Crippen LogP contribution in [0.4, 0.5) is 17.6 Å². The normalized spacial score (nSPS) is 24.8. The van der Waals surface area contributed by atoms with Gasteiger partial charge in [0.1, 0.15) is 61.0 Å². The minimum Gasteiger partial charge on any atom is -0.394 e. The maximum atomic E-state index is 11.8. The van der Waals surface area contributed by atoms with Gasteiger partial charge in [0.15, 0.2) is 11.2 Å². The number of hydrogen-bond acceptors (Lipinski definition) is 33. The average Bonchev–Trinajstić information content (AvgIpc) is 1.63. The second kappa shape index (κ2) is 45.5. The smallest absolute Gasteiger partial charge is 0.351 e. The number of aliphatic hydroxyl groups is 5. The van der Waals surface area contributed by atoms with Crippen molar-refractivity contribution < 1.29 is 54.0 Å². The number of aliphatic hydroxyl groups excluding tert-OH is 5. The molecular weight excluding hydrogens is 1640 g/mol. The van der Waals surface area contributed by atoms with Crippen LogP contribution in [-0.2, 0) is 34.8 Å². The van der Waals surface area contributed by atoms with Crippen molar-refractivity contribution >= 4 is 39.8 Å². The summed E-state index contributed by atoms with van der Waals surface area (Å²) in [6.45, 7) is 5.90. The lowest BCUT2D eigenvalue weighted by molar-refractivity contribution is -0.0271. The maximum Gasteiger partial charge on any atom is 0.351 e. The molecule has 1 unspecified atom stereocenters. The summed E-state index contributed by atoms with van der Waals surface area (Å²) in [4.78, 5) is 137. The topological polar surface area (TPSA) is 821 Å². The Morgan fingerprint density at radius 2 is 0.831 bits per heavy atom. The van der Waals surface area contributed by atoms with E-state index in [1.165, 1.54) is 78.0 Å². The molecular formula is C69H90N36O19. The quantitative estimate of drug-likeness (QED) is 0.0311. The molecule has 9 aromatic rings. The molecule has 6 aliphatic rings. The summed E-state index contributed by atoms with van der Waals surface area (Å²) < 4.78 is 41.7. The second-order valence-electron chi connectivity index (χ2n) is 27.5. The minimum atomic E-state index is -0.671. The highest BCUT2D eigenvalue weighted by Crippen LogP contribution is 2.37. The fourth-order valence-corrected chi connectivity index (χ4v) is 13.6. The summed E-state index contributed by atoms with van der Waals surface area (Å²) >= 11 is 0. The first-order valence-corrected chi connectivity index (χ1v) is 37.6. The van der Waals surface area contributed by atoms with Crippen LogP contribution in [0.15, 0.2) is 161 Å². The molecule has 55 heteroatoms. The SMILES string of the molecule is C.CC[C@H]1OC(n2cc(C)c(=O)[nH]c2=O)C[C@@H]1N=[N+]=[N-].CCc1ccccc1.Cc1cn([C@H]2C[C@@H](N=[N+]=[N-])[C@@H](CO)O2)c(=O)[nH]c1=O.[N-]=[N+]=N[C@@H]1C[C@H](n2ccc(=O)[nH]c2=O)O[C@@H]1CO.[N-]=[N+]=N[C@@H]1C[C@H](n2ccc(N)nc2=O)O[C@@H]1CO.[N-]=[N+]=N[C@@H]1C[C@H](n2ccc3c(N)ncnc32)O[C@@H]1CO.[N-]=[N+]=N[C@@H]1C[C@H](n2cnc3c(=O)[nH]c(N)nc32)O[C@@H]1CO. The molecule has 14 heterocycles. The summed E-state index contributed by atoms with van der Waals surface area (Å²) in [5.74, 6) is 0.495. The van der Waals surface area contributed by atoms with Crippen LogP contribution in [-0.4, -0.2) is 204 Å². The first kappa shape index (κ1) is 95.4. The standard InChI is InChI=1S/C11H13N7O2.C11H15N5O3.C10H12N8O3.C10H13N5O4.C9H12N6O3.C9H11N5O4.C8H10.CH4/c12-10-6-1-2-18(11(6)15-5-14-10)9-3-7(16-17-13)8(4-19)20-9;1-3-8-7(14-15-12)4-9(19-8)16-5-6(2)10(17)13-11(16)18;11-10-14-8-7(9(20)15-10)13-3-18(8)6-1-4(16-17-12)5(2-19)21-6;1-5-3-15(10(18)12-9(5)17)8-2-6(13-14-11)7(4-16)19-8;10-7-1-2-15(9(17)12-7)8-3-5(13-14-11)6(4-16)18-8;10-13-12-5-3-8(18-6(5)4-15)14-2-1-7(16)11-9(14)17;1-2-8-6-4-3-5-7-8;/h1-2,5,7-9,19H,3-4H2,(H2,12,14,15);5,7-9H,3-4H2,1-2H3,(H,13,17,18);3-6,19H,1-2H2,(H3,11,14,15,20);3,6-8,16H,2,4H2,1H3,(H,12,17,18);1-2,5-6,8,16H,3-4H2,(H2,10,12,17);1-2,5-6,8,15H,3-4H2,(H,11,16,17);3-7H,2H2,1H3;1H4/t7-,8-,9-;7-,8+,9?;4-,5-,6-;6-,7-,8-;2*5-,6-,8-;;/m101111../s1. The van der Waals surface area contributed by atoms with Crippen LogP contribution in [0.3, 0.4) is 0 Å². The lowest BCUT2D eigenvalue weighted by atomic mass is 10.1. The van der Waals surface area contributed by atoms with Gasteiger partial charge in [-0.2, -0.15) is 9.97 Å². The Kier molecular flexibility index (Phi) is 35.0. The third kappa shape index (κ3) is 23.8. The fraction of sp³-hybridized carbons (Fsp3) is 0.522. The molecule has 124 heavy (non-hydrogen) atoms. The number of azide groups is 6. The number of fused-ring (bicyclic) bond motifs is 2. The predicted molar refractivity (Wildman–Crippen MR) is 438 cm³/mol. The Hall–Kier alpha value is -14.1. The van der Waals surface area contributed by atoms with Gasteiger partial charge in [-0.25, -0.2) is 34.1 Å². The zero-order chi connectivity index (χ0) is 89.1. The Morgan fingerprint density at radius 1 is 0.444 bits per heavy atom. The number of imidazole rings is 1. The van der Waals surface area contributed by atoms with Gasteiger partial charge in [0, 0.05) is 116 Å². The number of aromatic amines is 4. The molecule has 0 bridgehead atoms. The lowest BCUT2D eigenvalue weighted by Crippen LogP contribution is -2.33. The molecule has 6 saturated heterocycles. The first-order valence-electron chi connectivity index (χ1n) is 37.6. The van der Waals surface area contributed by atoms with Crippen LogP contribution in [0.2, 0.25) is 0 Å². The molecule has 0 radical (unpaired) electrons. The number of H-pyrrole nitrogens is 4. The van der Waals surface area contributed by atoms with Crippen LogP contribution in [0.25, 0.3) is 84.9 Å². The molecule has 6 aliphatic heterocycles. The van der Waals surface area contributed by atoms with Gasteiger partial charge >= 0.3 is 22.8 Å². The maximum absolute atomic E-state index is 11.8. The van der Waals surface area contributed by atoms with E-state index in [0.717, 1.165) is 11.8 Å². The molecule has 0 saturated carbocycles. The van der Waals surface area contributed by atoms with Gasteiger partial charge in [-0.3, -0.25) is 61.9 Å². The van der Waals surface area contributed by atoms with Crippen molar-refractivity contribution in [3.63, 3.8) is 0 Å². The van der Waals surface area contributed by atoms with Crippen molar-refractivity contribution in [3.8, 4) is 0 Å². The zero-order valence-corrected chi connectivity index (χ0v) is 65.9. The summed E-state index contributed by atoms with van der Waals surface area (Å²) in [7, 11) is 0. The highest BCUT2D eigenvalue weighted by atomic mass is 16.6. The van der Waals surface area contributed by atoms with E-state index in [1.807, 2.05) is 23.6 Å². The van der Waals surface area contributed by atoms with Crippen molar-refractivity contribution in [1.82, 2.24) is 72.3 Å². The molecule has 0 amide bonds. The highest BCUT2D eigenvalue weighted by Gasteiger charge is 2.41. The number of rotatable bonds is 19. The number of benzene rings is 1. The number of nitrogens with one attached hydrogen (secondary N) is 4. The van der Waals surface area contributed by atoms with Crippen LogP contribution in [0.1, 0.15) is 120 Å². The van der Waals surface area contributed by atoms with Crippen molar-refractivity contribution in [2.75, 3.05) is 50.2 Å². The van der Waals surface area contributed by atoms with E-state index in [1.54, 1.807) is 20.0 Å². The summed E-state index contributed by atoms with van der Waals surface area (Å²) in [6.07, 6.45) is 7.53. The number of aryl methyl sites for hydroxylation is 3. The average molecular weight is 1730 g/mol. The number of anilines is 3. The molecule has 15 rings (SSSR count).